The Labute approximate surface area is 149 Å². The fourth-order valence-corrected chi connectivity index (χ4v) is 4.35. The van der Waals surface area contributed by atoms with Crippen molar-refractivity contribution in [1.82, 2.24) is 24.8 Å². The number of ether oxygens (including phenoxy) is 1. The molecule has 4 rings (SSSR count). The van der Waals surface area contributed by atoms with Crippen LogP contribution in [0.25, 0.3) is 0 Å². The first-order valence-corrected chi connectivity index (χ1v) is 9.70. The molecule has 3 saturated heterocycles. The zero-order valence-corrected chi connectivity index (χ0v) is 15.2. The second-order valence-corrected chi connectivity index (χ2v) is 7.88. The first-order chi connectivity index (χ1) is 12.1. The number of piperidine rings is 1. The molecule has 1 amide bonds. The van der Waals surface area contributed by atoms with E-state index >= 15 is 0 Å². The van der Waals surface area contributed by atoms with Gasteiger partial charge in [-0.2, -0.15) is 0 Å². The van der Waals surface area contributed by atoms with Crippen molar-refractivity contribution in [2.75, 3.05) is 32.8 Å². The third kappa shape index (κ3) is 3.58. The van der Waals surface area contributed by atoms with Gasteiger partial charge in [-0.05, 0) is 58.5 Å². The highest BCUT2D eigenvalue weighted by Gasteiger charge is 2.41. The average molecular weight is 347 g/mol. The van der Waals surface area contributed by atoms with E-state index in [9.17, 15) is 4.79 Å². The Balaban J connectivity index is 1.31. The SMILES string of the molecule is C[C@@]1(C(=O)N2CCC(n3cc(CN4CCCC4)nn3)CC2)CCCO1. The van der Waals surface area contributed by atoms with Crippen LogP contribution in [0.1, 0.15) is 57.2 Å². The molecule has 0 spiro atoms. The van der Waals surface area contributed by atoms with Crippen molar-refractivity contribution >= 4 is 5.91 Å². The summed E-state index contributed by atoms with van der Waals surface area (Å²) < 4.78 is 7.73. The van der Waals surface area contributed by atoms with Gasteiger partial charge < -0.3 is 9.64 Å². The molecule has 4 heterocycles. The predicted octanol–water partition coefficient (Wildman–Crippen LogP) is 1.61. The molecule has 3 fully saturated rings. The van der Waals surface area contributed by atoms with Crippen molar-refractivity contribution in [1.29, 1.82) is 0 Å². The molecule has 0 radical (unpaired) electrons. The highest BCUT2D eigenvalue weighted by Crippen LogP contribution is 2.30. The average Bonchev–Trinajstić information content (AvgIpc) is 3.38. The third-order valence-electron chi connectivity index (χ3n) is 5.94. The highest BCUT2D eigenvalue weighted by atomic mass is 16.5. The quantitative estimate of drug-likeness (QED) is 0.828. The molecule has 0 bridgehead atoms. The van der Waals surface area contributed by atoms with Gasteiger partial charge in [0.1, 0.15) is 5.60 Å². The van der Waals surface area contributed by atoms with E-state index in [4.69, 9.17) is 4.74 Å². The smallest absolute Gasteiger partial charge is 0.254 e. The Bertz CT molecular complexity index is 596. The minimum atomic E-state index is -0.594. The maximum atomic E-state index is 12.7. The first kappa shape index (κ1) is 17.0. The number of carbonyl (C=O) groups is 1. The Hall–Kier alpha value is -1.47. The second kappa shape index (κ2) is 7.03. The summed E-state index contributed by atoms with van der Waals surface area (Å²) in [6.07, 6.45) is 8.39. The number of likely N-dealkylation sites (tertiary alicyclic amines) is 2. The Kier molecular flexibility index (Phi) is 4.78. The normalized spacial score (nSPS) is 28.8. The summed E-state index contributed by atoms with van der Waals surface area (Å²) in [6.45, 7) is 7.47. The molecular weight excluding hydrogens is 318 g/mol. The molecule has 3 aliphatic heterocycles. The van der Waals surface area contributed by atoms with Gasteiger partial charge in [-0.15, -0.1) is 5.10 Å². The topological polar surface area (TPSA) is 63.5 Å². The van der Waals surface area contributed by atoms with Crippen LogP contribution in [0.2, 0.25) is 0 Å². The lowest BCUT2D eigenvalue weighted by Gasteiger charge is -2.36. The summed E-state index contributed by atoms with van der Waals surface area (Å²) in [5.74, 6) is 0.164. The number of aromatic nitrogens is 3. The van der Waals surface area contributed by atoms with Crippen LogP contribution in [-0.4, -0.2) is 69.1 Å². The van der Waals surface area contributed by atoms with E-state index in [0.717, 1.165) is 51.0 Å². The van der Waals surface area contributed by atoms with Crippen molar-refractivity contribution in [3.63, 3.8) is 0 Å². The van der Waals surface area contributed by atoms with Gasteiger partial charge in [-0.1, -0.05) is 5.21 Å². The lowest BCUT2D eigenvalue weighted by Crippen LogP contribution is -2.49. The first-order valence-electron chi connectivity index (χ1n) is 9.70. The van der Waals surface area contributed by atoms with Crippen molar-refractivity contribution < 1.29 is 9.53 Å². The summed E-state index contributed by atoms with van der Waals surface area (Å²) in [4.78, 5) is 17.1. The van der Waals surface area contributed by atoms with Crippen LogP contribution in [0, 0.1) is 0 Å². The largest absolute Gasteiger partial charge is 0.365 e. The van der Waals surface area contributed by atoms with E-state index < -0.39 is 5.60 Å². The monoisotopic (exact) mass is 347 g/mol. The van der Waals surface area contributed by atoms with Gasteiger partial charge in [0.15, 0.2) is 0 Å². The van der Waals surface area contributed by atoms with Gasteiger partial charge in [-0.3, -0.25) is 9.69 Å². The third-order valence-corrected chi connectivity index (χ3v) is 5.94. The van der Waals surface area contributed by atoms with Crippen LogP contribution >= 0.6 is 0 Å². The van der Waals surface area contributed by atoms with Gasteiger partial charge in [0.05, 0.1) is 17.9 Å². The second-order valence-electron chi connectivity index (χ2n) is 7.88. The summed E-state index contributed by atoms with van der Waals surface area (Å²) in [7, 11) is 0. The number of carbonyl (C=O) groups excluding carboxylic acids is 1. The molecule has 0 aromatic carbocycles. The summed E-state index contributed by atoms with van der Waals surface area (Å²) in [5, 5.41) is 8.71. The Morgan fingerprint density at radius 1 is 1.24 bits per heavy atom. The van der Waals surface area contributed by atoms with Gasteiger partial charge in [0.2, 0.25) is 0 Å². The molecular formula is C18H29N5O2. The minimum Gasteiger partial charge on any atom is -0.365 e. The van der Waals surface area contributed by atoms with Gasteiger partial charge >= 0.3 is 0 Å². The molecule has 0 unspecified atom stereocenters. The predicted molar refractivity (Wildman–Crippen MR) is 93.0 cm³/mol. The molecule has 1 atom stereocenters. The van der Waals surface area contributed by atoms with Crippen LogP contribution in [0.3, 0.4) is 0 Å². The molecule has 0 N–H and O–H groups in total. The minimum absolute atomic E-state index is 0.164. The highest BCUT2D eigenvalue weighted by molar-refractivity contribution is 5.85. The van der Waals surface area contributed by atoms with Gasteiger partial charge in [-0.25, -0.2) is 4.68 Å². The van der Waals surface area contributed by atoms with E-state index in [-0.39, 0.29) is 5.91 Å². The van der Waals surface area contributed by atoms with Crippen LogP contribution in [0.15, 0.2) is 6.20 Å². The number of hydrogen-bond acceptors (Lipinski definition) is 5. The van der Waals surface area contributed by atoms with Crippen molar-refractivity contribution in [2.45, 2.75) is 63.6 Å². The molecule has 25 heavy (non-hydrogen) atoms. The maximum absolute atomic E-state index is 12.7. The van der Waals surface area contributed by atoms with Crippen LogP contribution in [0.4, 0.5) is 0 Å². The number of hydrogen-bond donors (Lipinski definition) is 0. The molecule has 1 aromatic rings. The molecule has 0 aliphatic carbocycles. The number of rotatable bonds is 4. The molecule has 0 saturated carbocycles. The van der Waals surface area contributed by atoms with E-state index in [1.807, 2.05) is 16.5 Å². The van der Waals surface area contributed by atoms with Crippen LogP contribution in [-0.2, 0) is 16.1 Å². The zero-order chi connectivity index (χ0) is 17.3. The van der Waals surface area contributed by atoms with E-state index in [1.54, 1.807) is 0 Å². The Morgan fingerprint density at radius 3 is 2.68 bits per heavy atom. The molecule has 1 aromatic heterocycles. The molecule has 7 heteroatoms. The molecule has 7 nitrogen and oxygen atoms in total. The lowest BCUT2D eigenvalue weighted by molar-refractivity contribution is -0.152. The summed E-state index contributed by atoms with van der Waals surface area (Å²) in [6, 6.07) is 0.348. The maximum Gasteiger partial charge on any atom is 0.254 e. The Morgan fingerprint density at radius 2 is 2.00 bits per heavy atom. The van der Waals surface area contributed by atoms with E-state index in [0.29, 0.717) is 12.6 Å². The van der Waals surface area contributed by atoms with Crippen molar-refractivity contribution in [2.24, 2.45) is 0 Å². The van der Waals surface area contributed by atoms with Crippen LogP contribution < -0.4 is 0 Å². The van der Waals surface area contributed by atoms with Crippen molar-refractivity contribution in [3.8, 4) is 0 Å². The fourth-order valence-electron chi connectivity index (χ4n) is 4.35. The van der Waals surface area contributed by atoms with Crippen molar-refractivity contribution in [3.05, 3.63) is 11.9 Å². The molecule has 138 valence electrons. The summed E-state index contributed by atoms with van der Waals surface area (Å²) in [5.41, 5.74) is 0.468. The van der Waals surface area contributed by atoms with Crippen LogP contribution in [0.5, 0.6) is 0 Å². The van der Waals surface area contributed by atoms with E-state index in [1.165, 1.54) is 25.9 Å². The number of amides is 1. The van der Waals surface area contributed by atoms with Gasteiger partial charge in [0, 0.05) is 26.2 Å². The lowest BCUT2D eigenvalue weighted by atomic mass is 9.98. The summed E-state index contributed by atoms with van der Waals surface area (Å²) >= 11 is 0. The molecule has 3 aliphatic rings. The van der Waals surface area contributed by atoms with E-state index in [2.05, 4.69) is 21.4 Å². The fraction of sp³-hybridized carbons (Fsp3) is 0.833. The van der Waals surface area contributed by atoms with Gasteiger partial charge in [0.25, 0.3) is 5.91 Å². The number of nitrogens with zero attached hydrogens (tertiary/aromatic N) is 5. The standard InChI is InChI=1S/C18H29N5O2/c1-18(7-4-12-25-18)17(24)22-10-5-16(6-11-22)23-14-15(19-20-23)13-21-8-2-3-9-21/h14,16H,2-13H2,1H3/t18-/m0/s1. The zero-order valence-electron chi connectivity index (χ0n) is 15.2.